The lowest BCUT2D eigenvalue weighted by Crippen LogP contribution is -2.32. The van der Waals surface area contributed by atoms with E-state index in [4.69, 9.17) is 4.74 Å². The number of benzene rings is 1. The molecule has 0 saturated heterocycles. The van der Waals surface area contributed by atoms with Crippen LogP contribution in [-0.4, -0.2) is 30.0 Å². The van der Waals surface area contributed by atoms with Crippen molar-refractivity contribution >= 4 is 28.3 Å². The van der Waals surface area contributed by atoms with Crippen molar-refractivity contribution < 1.29 is 18.7 Å². The van der Waals surface area contributed by atoms with Gasteiger partial charge in [-0.15, -0.1) is 0 Å². The summed E-state index contributed by atoms with van der Waals surface area (Å²) in [5, 5.41) is 0.431. The summed E-state index contributed by atoms with van der Waals surface area (Å²) >= 11 is 1.13. The first kappa shape index (κ1) is 21.0. The van der Waals surface area contributed by atoms with Crippen molar-refractivity contribution in [2.45, 2.75) is 47.0 Å². The lowest BCUT2D eigenvalue weighted by molar-refractivity contribution is 0.0531. The molecule has 27 heavy (non-hydrogen) atoms. The average Bonchev–Trinajstić information content (AvgIpc) is 3.02. The fourth-order valence-electron chi connectivity index (χ4n) is 2.66. The third kappa shape index (κ3) is 5.13. The molecule has 0 saturated carbocycles. The summed E-state index contributed by atoms with van der Waals surface area (Å²) < 4.78 is 18.8. The van der Waals surface area contributed by atoms with Crippen LogP contribution in [0.2, 0.25) is 0 Å². The van der Waals surface area contributed by atoms with Crippen LogP contribution >= 0.6 is 11.3 Å². The molecule has 0 unspecified atom stereocenters. The maximum atomic E-state index is 13.7. The standard InChI is InChI=1S/C20H25FN2O3S/c1-5-7-8-11-23(18(24)16-12-15(21)10-9-13(16)3)20-22-14(4)17(27-20)19(25)26-6-2/h9-10,12H,5-8,11H2,1-4H3. The summed E-state index contributed by atoms with van der Waals surface area (Å²) in [6.07, 6.45) is 2.76. The van der Waals surface area contributed by atoms with E-state index in [1.54, 1.807) is 26.8 Å². The zero-order valence-corrected chi connectivity index (χ0v) is 17.0. The predicted octanol–water partition coefficient (Wildman–Crippen LogP) is 4.91. The first-order valence-corrected chi connectivity index (χ1v) is 9.93. The van der Waals surface area contributed by atoms with E-state index in [0.29, 0.717) is 33.4 Å². The monoisotopic (exact) mass is 392 g/mol. The number of hydrogen-bond donors (Lipinski definition) is 0. The fraction of sp³-hybridized carbons (Fsp3) is 0.450. The Hall–Kier alpha value is -2.28. The van der Waals surface area contributed by atoms with E-state index in [-0.39, 0.29) is 12.5 Å². The molecule has 0 spiro atoms. The Labute approximate surface area is 163 Å². The van der Waals surface area contributed by atoms with Crippen molar-refractivity contribution in [2.75, 3.05) is 18.1 Å². The van der Waals surface area contributed by atoms with E-state index in [2.05, 4.69) is 11.9 Å². The van der Waals surface area contributed by atoms with Crippen molar-refractivity contribution in [1.29, 1.82) is 0 Å². The zero-order chi connectivity index (χ0) is 20.0. The Kier molecular flexibility index (Phi) is 7.47. The smallest absolute Gasteiger partial charge is 0.350 e. The molecule has 7 heteroatoms. The minimum Gasteiger partial charge on any atom is -0.462 e. The molecule has 0 N–H and O–H groups in total. The summed E-state index contributed by atoms with van der Waals surface area (Å²) in [6.45, 7) is 8.03. The second kappa shape index (κ2) is 9.60. The lowest BCUT2D eigenvalue weighted by atomic mass is 10.1. The van der Waals surface area contributed by atoms with Crippen molar-refractivity contribution in [3.8, 4) is 0 Å². The first-order valence-electron chi connectivity index (χ1n) is 9.11. The summed E-state index contributed by atoms with van der Waals surface area (Å²) in [7, 11) is 0. The molecule has 146 valence electrons. The summed E-state index contributed by atoms with van der Waals surface area (Å²) in [6, 6.07) is 4.17. The average molecular weight is 392 g/mol. The van der Waals surface area contributed by atoms with Gasteiger partial charge >= 0.3 is 5.97 Å². The van der Waals surface area contributed by atoms with Crippen LogP contribution in [0.15, 0.2) is 18.2 Å². The second-order valence-electron chi connectivity index (χ2n) is 6.25. The van der Waals surface area contributed by atoms with Gasteiger partial charge < -0.3 is 4.74 Å². The molecular weight excluding hydrogens is 367 g/mol. The third-order valence-electron chi connectivity index (χ3n) is 4.14. The topological polar surface area (TPSA) is 59.5 Å². The number of aryl methyl sites for hydroxylation is 2. The molecule has 0 aliphatic rings. The molecule has 0 atom stereocenters. The van der Waals surface area contributed by atoms with Gasteiger partial charge in [0, 0.05) is 12.1 Å². The van der Waals surface area contributed by atoms with Crippen LogP contribution in [0, 0.1) is 19.7 Å². The number of carbonyl (C=O) groups is 2. The number of thiazole rings is 1. The highest BCUT2D eigenvalue weighted by Gasteiger charge is 2.25. The van der Waals surface area contributed by atoms with Gasteiger partial charge in [0.05, 0.1) is 12.3 Å². The molecule has 1 aromatic carbocycles. The van der Waals surface area contributed by atoms with E-state index >= 15 is 0 Å². The number of carbonyl (C=O) groups excluding carboxylic acids is 2. The maximum Gasteiger partial charge on any atom is 0.350 e. The van der Waals surface area contributed by atoms with Gasteiger partial charge in [0.25, 0.3) is 5.91 Å². The molecule has 1 aromatic heterocycles. The normalized spacial score (nSPS) is 10.7. The molecule has 0 fully saturated rings. The molecule has 5 nitrogen and oxygen atoms in total. The van der Waals surface area contributed by atoms with Gasteiger partial charge in [0.1, 0.15) is 10.7 Å². The van der Waals surface area contributed by atoms with Crippen LogP contribution in [-0.2, 0) is 4.74 Å². The van der Waals surface area contributed by atoms with Gasteiger partial charge in [-0.25, -0.2) is 14.2 Å². The minimum atomic E-state index is -0.458. The number of amides is 1. The summed E-state index contributed by atoms with van der Waals surface area (Å²) in [5.74, 6) is -1.21. The fourth-order valence-corrected chi connectivity index (χ4v) is 3.64. The SMILES string of the molecule is CCCCCN(C(=O)c1cc(F)ccc1C)c1nc(C)c(C(=O)OCC)s1. The first-order chi connectivity index (χ1) is 12.9. The number of unbranched alkanes of at least 4 members (excludes halogenated alkanes) is 2. The Morgan fingerprint density at radius 3 is 2.63 bits per heavy atom. The van der Waals surface area contributed by atoms with Crippen molar-refractivity contribution in [1.82, 2.24) is 4.98 Å². The number of ether oxygens (including phenoxy) is 1. The maximum absolute atomic E-state index is 13.7. The zero-order valence-electron chi connectivity index (χ0n) is 16.2. The van der Waals surface area contributed by atoms with E-state index in [0.717, 1.165) is 30.6 Å². The molecule has 2 rings (SSSR count). The number of hydrogen-bond acceptors (Lipinski definition) is 5. The van der Waals surface area contributed by atoms with Crippen molar-refractivity contribution in [3.05, 3.63) is 45.7 Å². The number of anilines is 1. The van der Waals surface area contributed by atoms with E-state index < -0.39 is 11.8 Å². The van der Waals surface area contributed by atoms with E-state index in [9.17, 15) is 14.0 Å². The Balaban J connectivity index is 2.39. The molecular formula is C20H25FN2O3S. The van der Waals surface area contributed by atoms with Crippen LogP contribution in [0.1, 0.15) is 64.4 Å². The number of nitrogens with zero attached hydrogens (tertiary/aromatic N) is 2. The van der Waals surface area contributed by atoms with Crippen LogP contribution in [0.5, 0.6) is 0 Å². The van der Waals surface area contributed by atoms with Crippen LogP contribution < -0.4 is 4.90 Å². The second-order valence-corrected chi connectivity index (χ2v) is 7.23. The molecule has 0 aliphatic heterocycles. The minimum absolute atomic E-state index is 0.271. The van der Waals surface area contributed by atoms with Crippen LogP contribution in [0.3, 0.4) is 0 Å². The Morgan fingerprint density at radius 1 is 1.22 bits per heavy atom. The Morgan fingerprint density at radius 2 is 1.96 bits per heavy atom. The van der Waals surface area contributed by atoms with E-state index in [1.807, 2.05) is 0 Å². The lowest BCUT2D eigenvalue weighted by Gasteiger charge is -2.21. The third-order valence-corrected chi connectivity index (χ3v) is 5.30. The Bertz CT molecular complexity index is 820. The summed E-state index contributed by atoms with van der Waals surface area (Å²) in [4.78, 5) is 31.6. The number of esters is 1. The van der Waals surface area contributed by atoms with Gasteiger partial charge in [-0.05, 0) is 44.9 Å². The molecule has 2 aromatic rings. The van der Waals surface area contributed by atoms with Gasteiger partial charge in [-0.1, -0.05) is 37.2 Å². The predicted molar refractivity (Wildman–Crippen MR) is 105 cm³/mol. The number of halogens is 1. The highest BCUT2D eigenvalue weighted by atomic mass is 32.1. The van der Waals surface area contributed by atoms with Gasteiger partial charge in [0.15, 0.2) is 5.13 Å². The molecule has 0 radical (unpaired) electrons. The quantitative estimate of drug-likeness (QED) is 0.473. The summed E-state index contributed by atoms with van der Waals surface area (Å²) in [5.41, 5.74) is 1.52. The van der Waals surface area contributed by atoms with Crippen molar-refractivity contribution in [2.24, 2.45) is 0 Å². The van der Waals surface area contributed by atoms with Crippen LogP contribution in [0.25, 0.3) is 0 Å². The highest BCUT2D eigenvalue weighted by molar-refractivity contribution is 7.17. The number of aromatic nitrogens is 1. The van der Waals surface area contributed by atoms with Gasteiger partial charge in [-0.3, -0.25) is 9.69 Å². The van der Waals surface area contributed by atoms with Crippen LogP contribution in [0.4, 0.5) is 9.52 Å². The molecule has 1 amide bonds. The number of rotatable bonds is 8. The van der Waals surface area contributed by atoms with E-state index in [1.165, 1.54) is 17.0 Å². The largest absolute Gasteiger partial charge is 0.462 e. The van der Waals surface area contributed by atoms with Gasteiger partial charge in [0.2, 0.25) is 0 Å². The highest BCUT2D eigenvalue weighted by Crippen LogP contribution is 2.29. The molecule has 0 bridgehead atoms. The molecule has 1 heterocycles. The molecule has 0 aliphatic carbocycles. The van der Waals surface area contributed by atoms with Gasteiger partial charge in [-0.2, -0.15) is 0 Å². The van der Waals surface area contributed by atoms with Crippen molar-refractivity contribution in [3.63, 3.8) is 0 Å².